The summed E-state index contributed by atoms with van der Waals surface area (Å²) in [7, 11) is 2.88. The van der Waals surface area contributed by atoms with Gasteiger partial charge in [0.1, 0.15) is 17.1 Å². The van der Waals surface area contributed by atoms with E-state index in [1.807, 2.05) is 26.0 Å². The molecule has 2 rings (SSSR count). The zero-order valence-corrected chi connectivity index (χ0v) is 16.6. The van der Waals surface area contributed by atoms with Gasteiger partial charge in [-0.15, -0.1) is 0 Å². The Balaban J connectivity index is 2.05. The largest absolute Gasteiger partial charge is 0.496 e. The SMILES string of the molecule is COc1cccc(OC)c1C(=O)OCC(=O)Nc1cc(C)c(Br)c(C)c1. The van der Waals surface area contributed by atoms with Gasteiger partial charge in [0.25, 0.3) is 5.91 Å². The highest BCUT2D eigenvalue weighted by Crippen LogP contribution is 2.29. The van der Waals surface area contributed by atoms with E-state index >= 15 is 0 Å². The van der Waals surface area contributed by atoms with Crippen molar-refractivity contribution in [3.8, 4) is 11.5 Å². The van der Waals surface area contributed by atoms with E-state index in [1.54, 1.807) is 18.2 Å². The maximum atomic E-state index is 12.3. The molecule has 6 nitrogen and oxygen atoms in total. The molecule has 1 N–H and O–H groups in total. The van der Waals surface area contributed by atoms with Crippen molar-refractivity contribution in [2.45, 2.75) is 13.8 Å². The zero-order chi connectivity index (χ0) is 19.3. The predicted molar refractivity (Wildman–Crippen MR) is 102 cm³/mol. The third kappa shape index (κ3) is 4.54. The van der Waals surface area contributed by atoms with Gasteiger partial charge in [-0.25, -0.2) is 4.79 Å². The summed E-state index contributed by atoms with van der Waals surface area (Å²) >= 11 is 3.48. The molecule has 0 atom stereocenters. The lowest BCUT2D eigenvalue weighted by atomic mass is 10.1. The van der Waals surface area contributed by atoms with Crippen LogP contribution in [0.25, 0.3) is 0 Å². The Morgan fingerprint density at radius 2 is 1.58 bits per heavy atom. The van der Waals surface area contributed by atoms with Crippen LogP contribution in [-0.2, 0) is 9.53 Å². The van der Waals surface area contributed by atoms with Crippen LogP contribution in [0.5, 0.6) is 11.5 Å². The van der Waals surface area contributed by atoms with Crippen LogP contribution < -0.4 is 14.8 Å². The number of rotatable bonds is 6. The first-order chi connectivity index (χ1) is 12.4. The molecule has 26 heavy (non-hydrogen) atoms. The van der Waals surface area contributed by atoms with Gasteiger partial charge in [0.15, 0.2) is 6.61 Å². The Morgan fingerprint density at radius 3 is 2.08 bits per heavy atom. The molecule has 0 aliphatic heterocycles. The van der Waals surface area contributed by atoms with Gasteiger partial charge in [0.2, 0.25) is 0 Å². The number of halogens is 1. The first-order valence-electron chi connectivity index (χ1n) is 7.82. The number of hydrogen-bond donors (Lipinski definition) is 1. The second kappa shape index (κ2) is 8.71. The van der Waals surface area contributed by atoms with E-state index in [2.05, 4.69) is 21.2 Å². The number of hydrogen-bond acceptors (Lipinski definition) is 5. The van der Waals surface area contributed by atoms with E-state index in [1.165, 1.54) is 14.2 Å². The Bertz CT molecular complexity index is 789. The first kappa shape index (κ1) is 19.8. The number of carbonyl (C=O) groups is 2. The number of amides is 1. The third-order valence-corrected chi connectivity index (χ3v) is 4.94. The normalized spacial score (nSPS) is 10.2. The van der Waals surface area contributed by atoms with Crippen LogP contribution in [-0.4, -0.2) is 32.7 Å². The van der Waals surface area contributed by atoms with Crippen molar-refractivity contribution in [1.29, 1.82) is 0 Å². The minimum atomic E-state index is -0.697. The van der Waals surface area contributed by atoms with E-state index in [4.69, 9.17) is 14.2 Å². The summed E-state index contributed by atoms with van der Waals surface area (Å²) in [6, 6.07) is 8.60. The molecule has 0 radical (unpaired) electrons. The summed E-state index contributed by atoms with van der Waals surface area (Å²) in [5, 5.41) is 2.72. The van der Waals surface area contributed by atoms with Crippen LogP contribution in [0.3, 0.4) is 0 Å². The summed E-state index contributed by atoms with van der Waals surface area (Å²) in [6.07, 6.45) is 0. The molecule has 0 aliphatic carbocycles. The van der Waals surface area contributed by atoms with Crippen LogP contribution in [0.15, 0.2) is 34.8 Å². The van der Waals surface area contributed by atoms with E-state index in [0.717, 1.165) is 15.6 Å². The molecule has 0 bridgehead atoms. The molecule has 0 unspecified atom stereocenters. The van der Waals surface area contributed by atoms with Crippen LogP contribution in [0.4, 0.5) is 5.69 Å². The first-order valence-corrected chi connectivity index (χ1v) is 8.61. The lowest BCUT2D eigenvalue weighted by molar-refractivity contribution is -0.119. The fraction of sp³-hybridized carbons (Fsp3) is 0.263. The van der Waals surface area contributed by atoms with Gasteiger partial charge in [0, 0.05) is 10.2 Å². The number of esters is 1. The Morgan fingerprint density at radius 1 is 1.04 bits per heavy atom. The predicted octanol–water partition coefficient (Wildman–Crippen LogP) is 3.88. The summed E-state index contributed by atoms with van der Waals surface area (Å²) < 4.78 is 16.4. The number of carbonyl (C=O) groups excluding carboxylic acids is 2. The standard InChI is InChI=1S/C19H20BrNO5/c1-11-8-13(9-12(2)18(11)20)21-16(22)10-26-19(23)17-14(24-3)6-5-7-15(17)25-4/h5-9H,10H2,1-4H3,(H,21,22). The second-order valence-electron chi connectivity index (χ2n) is 5.59. The molecule has 0 aliphatic rings. The number of nitrogens with one attached hydrogen (secondary N) is 1. The maximum absolute atomic E-state index is 12.3. The average molecular weight is 422 g/mol. The Labute approximate surface area is 160 Å². The van der Waals surface area contributed by atoms with Crippen molar-refractivity contribution < 1.29 is 23.8 Å². The Kier molecular flexibility index (Phi) is 6.63. The minimum absolute atomic E-state index is 0.139. The molecule has 0 aromatic heterocycles. The number of ether oxygens (including phenoxy) is 3. The Hall–Kier alpha value is -2.54. The van der Waals surface area contributed by atoms with E-state index in [-0.39, 0.29) is 5.56 Å². The van der Waals surface area contributed by atoms with Crippen molar-refractivity contribution in [1.82, 2.24) is 0 Å². The van der Waals surface area contributed by atoms with Gasteiger partial charge in [-0.05, 0) is 49.2 Å². The molecule has 7 heteroatoms. The molecule has 0 saturated carbocycles. The number of anilines is 1. The summed E-state index contributed by atoms with van der Waals surface area (Å²) in [6.45, 7) is 3.44. The molecule has 0 spiro atoms. The topological polar surface area (TPSA) is 73.9 Å². The maximum Gasteiger partial charge on any atom is 0.346 e. The smallest absolute Gasteiger partial charge is 0.346 e. The molecule has 138 valence electrons. The van der Waals surface area contributed by atoms with Gasteiger partial charge in [-0.3, -0.25) is 4.79 Å². The van der Waals surface area contributed by atoms with Crippen molar-refractivity contribution in [2.75, 3.05) is 26.1 Å². The van der Waals surface area contributed by atoms with Gasteiger partial charge < -0.3 is 19.5 Å². The lowest BCUT2D eigenvalue weighted by Crippen LogP contribution is -2.21. The zero-order valence-electron chi connectivity index (χ0n) is 15.0. The molecule has 0 fully saturated rings. The molecular formula is C19H20BrNO5. The number of benzene rings is 2. The van der Waals surface area contributed by atoms with Crippen LogP contribution in [0.1, 0.15) is 21.5 Å². The minimum Gasteiger partial charge on any atom is -0.496 e. The highest BCUT2D eigenvalue weighted by molar-refractivity contribution is 9.10. The molecule has 2 aromatic carbocycles. The van der Waals surface area contributed by atoms with E-state index in [9.17, 15) is 9.59 Å². The van der Waals surface area contributed by atoms with Crippen molar-refractivity contribution in [3.63, 3.8) is 0 Å². The van der Waals surface area contributed by atoms with Gasteiger partial charge in [-0.2, -0.15) is 0 Å². The van der Waals surface area contributed by atoms with Crippen molar-refractivity contribution in [2.24, 2.45) is 0 Å². The molecular weight excluding hydrogens is 402 g/mol. The van der Waals surface area contributed by atoms with Crippen molar-refractivity contribution in [3.05, 3.63) is 51.5 Å². The van der Waals surface area contributed by atoms with E-state index < -0.39 is 18.5 Å². The highest BCUT2D eigenvalue weighted by atomic mass is 79.9. The van der Waals surface area contributed by atoms with Gasteiger partial charge in [0.05, 0.1) is 14.2 Å². The monoisotopic (exact) mass is 421 g/mol. The molecule has 0 heterocycles. The van der Waals surface area contributed by atoms with Crippen molar-refractivity contribution >= 4 is 33.5 Å². The summed E-state index contributed by atoms with van der Waals surface area (Å²) in [5.74, 6) is -0.506. The highest BCUT2D eigenvalue weighted by Gasteiger charge is 2.20. The fourth-order valence-corrected chi connectivity index (χ4v) is 2.70. The number of aryl methyl sites for hydroxylation is 2. The molecule has 0 saturated heterocycles. The lowest BCUT2D eigenvalue weighted by Gasteiger charge is -2.13. The number of methoxy groups -OCH3 is 2. The fourth-order valence-electron chi connectivity index (χ4n) is 2.47. The average Bonchev–Trinajstić information content (AvgIpc) is 2.63. The van der Waals surface area contributed by atoms with Crippen LogP contribution >= 0.6 is 15.9 Å². The third-order valence-electron chi connectivity index (χ3n) is 3.69. The molecule has 1 amide bonds. The quantitative estimate of drug-likeness (QED) is 0.716. The van der Waals surface area contributed by atoms with Gasteiger partial charge in [-0.1, -0.05) is 22.0 Å². The van der Waals surface area contributed by atoms with Crippen LogP contribution in [0.2, 0.25) is 0 Å². The summed E-state index contributed by atoms with van der Waals surface area (Å²) in [5.41, 5.74) is 2.77. The van der Waals surface area contributed by atoms with E-state index in [0.29, 0.717) is 17.2 Å². The van der Waals surface area contributed by atoms with Crippen LogP contribution in [0, 0.1) is 13.8 Å². The summed E-state index contributed by atoms with van der Waals surface area (Å²) in [4.78, 5) is 24.4. The van der Waals surface area contributed by atoms with Gasteiger partial charge >= 0.3 is 5.97 Å². The molecule has 2 aromatic rings. The second-order valence-corrected chi connectivity index (χ2v) is 6.38.